The predicted octanol–water partition coefficient (Wildman–Crippen LogP) is 3.53. The molecule has 1 aromatic rings. The first kappa shape index (κ1) is 12.1. The third kappa shape index (κ3) is 1.66. The van der Waals surface area contributed by atoms with Gasteiger partial charge < -0.3 is 4.74 Å². The summed E-state index contributed by atoms with van der Waals surface area (Å²) in [7, 11) is 0. The molecule has 94 valence electrons. The van der Waals surface area contributed by atoms with Crippen molar-refractivity contribution >= 4 is 0 Å². The van der Waals surface area contributed by atoms with Gasteiger partial charge in [-0.2, -0.15) is 17.6 Å². The molecule has 2 rings (SSSR count). The summed E-state index contributed by atoms with van der Waals surface area (Å²) in [4.78, 5) is 0. The second-order valence-corrected chi connectivity index (χ2v) is 3.92. The Morgan fingerprint density at radius 1 is 1.12 bits per heavy atom. The molecule has 0 radical (unpaired) electrons. The van der Waals surface area contributed by atoms with Gasteiger partial charge in [0.25, 0.3) is 0 Å². The van der Waals surface area contributed by atoms with Crippen molar-refractivity contribution in [2.75, 3.05) is 0 Å². The Hall–Kier alpha value is -1.33. The molecule has 1 nitrogen and oxygen atoms in total. The molecule has 0 amide bonds. The van der Waals surface area contributed by atoms with Crippen molar-refractivity contribution in [3.8, 4) is 5.75 Å². The maximum atomic E-state index is 13.6. The maximum absolute atomic E-state index is 13.6. The second-order valence-electron chi connectivity index (χ2n) is 3.92. The highest BCUT2D eigenvalue weighted by molar-refractivity contribution is 5.39. The summed E-state index contributed by atoms with van der Waals surface area (Å²) in [6.45, 7) is 0.866. The Kier molecular flexibility index (Phi) is 2.56. The summed E-state index contributed by atoms with van der Waals surface area (Å²) in [5.41, 5.74) is -0.850. The fourth-order valence-corrected chi connectivity index (χ4v) is 1.70. The highest BCUT2D eigenvalue weighted by atomic mass is 19.3. The molecule has 2 unspecified atom stereocenters. The molecule has 0 bridgehead atoms. The van der Waals surface area contributed by atoms with Crippen molar-refractivity contribution in [2.45, 2.75) is 31.0 Å². The van der Waals surface area contributed by atoms with Gasteiger partial charge >= 0.3 is 11.8 Å². The van der Waals surface area contributed by atoms with E-state index in [2.05, 4.69) is 0 Å². The molecule has 1 aliphatic heterocycles. The lowest BCUT2D eigenvalue weighted by Crippen LogP contribution is -2.48. The number of hydrogen-bond acceptors (Lipinski definition) is 1. The first-order chi connectivity index (χ1) is 7.78. The highest BCUT2D eigenvalue weighted by Crippen LogP contribution is 2.49. The minimum atomic E-state index is -4.27. The van der Waals surface area contributed by atoms with E-state index in [1.165, 1.54) is 12.1 Å². The van der Waals surface area contributed by atoms with E-state index in [1.54, 1.807) is 0 Å². The fraction of sp³-hybridized carbons (Fsp3) is 0.455. The van der Waals surface area contributed by atoms with E-state index in [-0.39, 0.29) is 0 Å². The van der Waals surface area contributed by atoms with Gasteiger partial charge in [-0.05, 0) is 19.1 Å². The van der Waals surface area contributed by atoms with Gasteiger partial charge in [0.15, 0.2) is 6.10 Å². The third-order valence-electron chi connectivity index (χ3n) is 2.75. The molecule has 0 aromatic heterocycles. The Morgan fingerprint density at radius 2 is 1.71 bits per heavy atom. The maximum Gasteiger partial charge on any atom is 0.320 e. The largest absolute Gasteiger partial charge is 0.484 e. The van der Waals surface area contributed by atoms with Crippen molar-refractivity contribution in [3.63, 3.8) is 0 Å². The summed E-state index contributed by atoms with van der Waals surface area (Å²) in [6.07, 6.45) is -5.55. The highest BCUT2D eigenvalue weighted by Gasteiger charge is 2.62. The SMILES string of the molecule is CC1Oc2ccccc2C(F)(F)C(F)C1(F)F. The summed E-state index contributed by atoms with van der Waals surface area (Å²) in [6, 6.07) is 4.58. The fourth-order valence-electron chi connectivity index (χ4n) is 1.70. The number of rotatable bonds is 0. The monoisotopic (exact) mass is 252 g/mol. The standard InChI is InChI=1S/C11H9F5O/c1-6-10(13,14)9(12)11(15,16)7-4-2-3-5-8(7)17-6/h2-6,9H,1H3. The van der Waals surface area contributed by atoms with Crippen LogP contribution in [0.4, 0.5) is 22.0 Å². The molecule has 0 N–H and O–H groups in total. The van der Waals surface area contributed by atoms with Crippen LogP contribution in [0.25, 0.3) is 0 Å². The van der Waals surface area contributed by atoms with Crippen LogP contribution in [0.3, 0.4) is 0 Å². The molecule has 1 heterocycles. The molecule has 0 aliphatic carbocycles. The van der Waals surface area contributed by atoms with E-state index < -0.39 is 35.4 Å². The van der Waals surface area contributed by atoms with E-state index in [0.717, 1.165) is 19.1 Å². The van der Waals surface area contributed by atoms with E-state index >= 15 is 0 Å². The zero-order valence-corrected chi connectivity index (χ0v) is 8.76. The van der Waals surface area contributed by atoms with Crippen molar-refractivity contribution in [3.05, 3.63) is 29.8 Å². The van der Waals surface area contributed by atoms with Crippen LogP contribution in [-0.4, -0.2) is 18.2 Å². The number of ether oxygens (including phenoxy) is 1. The van der Waals surface area contributed by atoms with Crippen molar-refractivity contribution in [1.82, 2.24) is 0 Å². The van der Waals surface area contributed by atoms with Crippen LogP contribution in [0.15, 0.2) is 24.3 Å². The lowest BCUT2D eigenvalue weighted by molar-refractivity contribution is -0.206. The summed E-state index contributed by atoms with van der Waals surface area (Å²) in [5, 5.41) is 0. The number of para-hydroxylation sites is 1. The molecular weight excluding hydrogens is 243 g/mol. The smallest absolute Gasteiger partial charge is 0.320 e. The Morgan fingerprint density at radius 3 is 2.35 bits per heavy atom. The topological polar surface area (TPSA) is 9.23 Å². The minimum Gasteiger partial charge on any atom is -0.484 e. The van der Waals surface area contributed by atoms with Crippen LogP contribution in [0.5, 0.6) is 5.75 Å². The van der Waals surface area contributed by atoms with Crippen LogP contribution in [-0.2, 0) is 5.92 Å². The van der Waals surface area contributed by atoms with E-state index in [9.17, 15) is 22.0 Å². The molecule has 0 saturated heterocycles. The summed E-state index contributed by atoms with van der Waals surface area (Å²) >= 11 is 0. The first-order valence-electron chi connectivity index (χ1n) is 4.93. The molecule has 17 heavy (non-hydrogen) atoms. The Bertz CT molecular complexity index is 432. The lowest BCUT2D eigenvalue weighted by Gasteiger charge is -2.26. The van der Waals surface area contributed by atoms with Gasteiger partial charge in [-0.3, -0.25) is 0 Å². The van der Waals surface area contributed by atoms with Crippen LogP contribution in [0, 0.1) is 0 Å². The normalized spacial score (nSPS) is 30.0. The number of halogens is 5. The Balaban J connectivity index is 2.61. The van der Waals surface area contributed by atoms with Gasteiger partial charge in [-0.25, -0.2) is 4.39 Å². The quantitative estimate of drug-likeness (QED) is 0.642. The van der Waals surface area contributed by atoms with Crippen LogP contribution < -0.4 is 4.74 Å². The molecule has 0 fully saturated rings. The van der Waals surface area contributed by atoms with Gasteiger partial charge in [-0.1, -0.05) is 12.1 Å². The summed E-state index contributed by atoms with van der Waals surface area (Å²) < 4.78 is 71.9. The van der Waals surface area contributed by atoms with E-state index in [1.807, 2.05) is 0 Å². The Labute approximate surface area is 94.2 Å². The zero-order valence-electron chi connectivity index (χ0n) is 8.76. The predicted molar refractivity (Wildman–Crippen MR) is 50.3 cm³/mol. The molecule has 1 aliphatic rings. The van der Waals surface area contributed by atoms with Crippen LogP contribution in [0.1, 0.15) is 12.5 Å². The van der Waals surface area contributed by atoms with E-state index in [4.69, 9.17) is 4.74 Å². The second kappa shape index (κ2) is 3.58. The molecule has 2 atom stereocenters. The number of alkyl halides is 5. The lowest BCUT2D eigenvalue weighted by atomic mass is 9.98. The van der Waals surface area contributed by atoms with E-state index in [0.29, 0.717) is 0 Å². The first-order valence-corrected chi connectivity index (χ1v) is 4.93. The van der Waals surface area contributed by atoms with Crippen LogP contribution >= 0.6 is 0 Å². The molecular formula is C11H9F5O. The average molecular weight is 252 g/mol. The van der Waals surface area contributed by atoms with Gasteiger partial charge in [0.05, 0.1) is 5.56 Å². The van der Waals surface area contributed by atoms with Crippen molar-refractivity contribution in [1.29, 1.82) is 0 Å². The molecule has 0 saturated carbocycles. The van der Waals surface area contributed by atoms with Crippen LogP contribution in [0.2, 0.25) is 0 Å². The minimum absolute atomic E-state index is 0.412. The van der Waals surface area contributed by atoms with Gasteiger partial charge in [0.2, 0.25) is 6.17 Å². The molecule has 6 heteroatoms. The third-order valence-corrected chi connectivity index (χ3v) is 2.75. The number of fused-ring (bicyclic) bond motifs is 1. The van der Waals surface area contributed by atoms with Gasteiger partial charge in [0.1, 0.15) is 5.75 Å². The summed E-state index contributed by atoms with van der Waals surface area (Å²) in [5.74, 6) is -8.93. The zero-order chi connectivity index (χ0) is 12.8. The molecule has 1 aromatic carbocycles. The number of benzene rings is 1. The number of hydrogen-bond donors (Lipinski definition) is 0. The molecule has 0 spiro atoms. The van der Waals surface area contributed by atoms with Gasteiger partial charge in [-0.15, -0.1) is 0 Å². The average Bonchev–Trinajstić information content (AvgIpc) is 2.31. The van der Waals surface area contributed by atoms with Crippen molar-refractivity contribution < 1.29 is 26.7 Å². The van der Waals surface area contributed by atoms with Crippen molar-refractivity contribution in [2.24, 2.45) is 0 Å². The van der Waals surface area contributed by atoms with Gasteiger partial charge in [0, 0.05) is 0 Å².